The fourth-order valence-electron chi connectivity index (χ4n) is 2.01. The summed E-state index contributed by atoms with van der Waals surface area (Å²) in [6, 6.07) is 8.52. The first-order chi connectivity index (χ1) is 8.76. The molecule has 18 heavy (non-hydrogen) atoms. The summed E-state index contributed by atoms with van der Waals surface area (Å²) in [5, 5.41) is 3.33. The number of hydrogen-bond donors (Lipinski definition) is 1. The second-order valence-corrected chi connectivity index (χ2v) is 4.82. The first-order valence-electron chi connectivity index (χ1n) is 7.22. The van der Waals surface area contributed by atoms with Crippen LogP contribution in [0.2, 0.25) is 0 Å². The summed E-state index contributed by atoms with van der Waals surface area (Å²) in [4.78, 5) is 0. The van der Waals surface area contributed by atoms with Crippen LogP contribution in [0.5, 0.6) is 5.75 Å². The summed E-state index contributed by atoms with van der Waals surface area (Å²) in [7, 11) is 0. The predicted molar refractivity (Wildman–Crippen MR) is 78.3 cm³/mol. The normalized spacial score (nSPS) is 12.4. The van der Waals surface area contributed by atoms with E-state index in [0.29, 0.717) is 6.10 Å². The lowest BCUT2D eigenvalue weighted by molar-refractivity contribution is 0.207. The molecule has 102 valence electrons. The number of ether oxygens (including phenoxy) is 1. The lowest BCUT2D eigenvalue weighted by atomic mass is 10.1. The molecule has 2 heteroatoms. The molecule has 1 atom stereocenters. The van der Waals surface area contributed by atoms with Crippen molar-refractivity contribution >= 4 is 0 Å². The molecule has 1 unspecified atom stereocenters. The Balaban J connectivity index is 2.28. The fraction of sp³-hybridized carbons (Fsp3) is 0.625. The molecular formula is C16H27NO. The summed E-state index contributed by atoms with van der Waals surface area (Å²) < 4.78 is 5.90. The molecule has 0 aliphatic heterocycles. The minimum atomic E-state index is 0.292. The third-order valence-electron chi connectivity index (χ3n) is 3.01. The highest BCUT2D eigenvalue weighted by atomic mass is 16.5. The molecule has 0 spiro atoms. The smallest absolute Gasteiger partial charge is 0.119 e. The largest absolute Gasteiger partial charge is 0.491 e. The van der Waals surface area contributed by atoms with Crippen LogP contribution < -0.4 is 10.1 Å². The highest BCUT2D eigenvalue weighted by Crippen LogP contribution is 2.16. The third-order valence-corrected chi connectivity index (χ3v) is 3.01. The zero-order valence-electron chi connectivity index (χ0n) is 12.0. The zero-order chi connectivity index (χ0) is 13.2. The second-order valence-electron chi connectivity index (χ2n) is 4.82. The average Bonchev–Trinajstić information content (AvgIpc) is 2.37. The van der Waals surface area contributed by atoms with Crippen molar-refractivity contribution in [3.63, 3.8) is 0 Å². The van der Waals surface area contributed by atoms with Crippen LogP contribution in [0.4, 0.5) is 0 Å². The molecule has 0 aliphatic rings. The van der Waals surface area contributed by atoms with Crippen LogP contribution in [0, 0.1) is 0 Å². The van der Waals surface area contributed by atoms with Crippen molar-refractivity contribution in [3.8, 4) is 5.75 Å². The molecule has 1 rings (SSSR count). The van der Waals surface area contributed by atoms with Crippen LogP contribution >= 0.6 is 0 Å². The van der Waals surface area contributed by atoms with Gasteiger partial charge in [0.15, 0.2) is 0 Å². The molecule has 0 heterocycles. The van der Waals surface area contributed by atoms with Gasteiger partial charge in [0, 0.05) is 0 Å². The molecule has 0 aromatic heterocycles. The SMILES string of the molecule is CCCc1ccc(OC(C)CCCNCC)cc1. The Morgan fingerprint density at radius 3 is 2.50 bits per heavy atom. The van der Waals surface area contributed by atoms with Crippen molar-refractivity contribution in [3.05, 3.63) is 29.8 Å². The zero-order valence-corrected chi connectivity index (χ0v) is 12.0. The van der Waals surface area contributed by atoms with Crippen molar-refractivity contribution in [2.24, 2.45) is 0 Å². The van der Waals surface area contributed by atoms with Crippen LogP contribution in [0.25, 0.3) is 0 Å². The number of nitrogens with one attached hydrogen (secondary N) is 1. The number of aryl methyl sites for hydroxylation is 1. The van der Waals surface area contributed by atoms with Crippen molar-refractivity contribution in [2.45, 2.75) is 52.6 Å². The molecule has 1 aromatic rings. The minimum Gasteiger partial charge on any atom is -0.491 e. The quantitative estimate of drug-likeness (QED) is 0.672. The Bertz CT molecular complexity index is 307. The molecule has 0 radical (unpaired) electrons. The molecule has 1 aromatic carbocycles. The van der Waals surface area contributed by atoms with Crippen LogP contribution in [0.1, 0.15) is 45.6 Å². The van der Waals surface area contributed by atoms with Gasteiger partial charge in [-0.25, -0.2) is 0 Å². The average molecular weight is 249 g/mol. The van der Waals surface area contributed by atoms with Gasteiger partial charge in [0.05, 0.1) is 6.10 Å². The van der Waals surface area contributed by atoms with Crippen LogP contribution in [0.3, 0.4) is 0 Å². The lowest BCUT2D eigenvalue weighted by Crippen LogP contribution is -2.18. The van der Waals surface area contributed by atoms with Gasteiger partial charge in [0.25, 0.3) is 0 Å². The van der Waals surface area contributed by atoms with Gasteiger partial charge in [-0.05, 0) is 57.0 Å². The molecule has 2 nitrogen and oxygen atoms in total. The van der Waals surface area contributed by atoms with Crippen LogP contribution in [-0.4, -0.2) is 19.2 Å². The van der Waals surface area contributed by atoms with Crippen molar-refractivity contribution in [1.82, 2.24) is 5.32 Å². The van der Waals surface area contributed by atoms with E-state index in [4.69, 9.17) is 4.74 Å². The van der Waals surface area contributed by atoms with Gasteiger partial charge in [-0.1, -0.05) is 32.4 Å². The number of hydrogen-bond acceptors (Lipinski definition) is 2. The third kappa shape index (κ3) is 6.06. The van der Waals surface area contributed by atoms with Gasteiger partial charge in [-0.15, -0.1) is 0 Å². The van der Waals surface area contributed by atoms with Crippen molar-refractivity contribution in [1.29, 1.82) is 0 Å². The van der Waals surface area contributed by atoms with E-state index in [9.17, 15) is 0 Å². The summed E-state index contributed by atoms with van der Waals surface area (Å²) in [5.41, 5.74) is 1.39. The molecular weight excluding hydrogens is 222 g/mol. The Morgan fingerprint density at radius 1 is 1.17 bits per heavy atom. The van der Waals surface area contributed by atoms with E-state index in [1.165, 1.54) is 18.4 Å². The lowest BCUT2D eigenvalue weighted by Gasteiger charge is -2.15. The maximum Gasteiger partial charge on any atom is 0.119 e. The van der Waals surface area contributed by atoms with E-state index < -0.39 is 0 Å². The molecule has 0 fully saturated rings. The predicted octanol–water partition coefficient (Wildman–Crippen LogP) is 3.80. The Morgan fingerprint density at radius 2 is 1.89 bits per heavy atom. The van der Waals surface area contributed by atoms with Crippen molar-refractivity contribution in [2.75, 3.05) is 13.1 Å². The number of rotatable bonds is 9. The highest BCUT2D eigenvalue weighted by Gasteiger charge is 2.03. The standard InChI is InChI=1S/C16H27NO/c1-4-7-15-9-11-16(12-10-15)18-14(3)8-6-13-17-5-2/h9-12,14,17H,4-8,13H2,1-3H3. The van der Waals surface area contributed by atoms with E-state index >= 15 is 0 Å². The van der Waals surface area contributed by atoms with E-state index in [0.717, 1.165) is 31.7 Å². The first-order valence-corrected chi connectivity index (χ1v) is 7.22. The van der Waals surface area contributed by atoms with Gasteiger partial charge < -0.3 is 10.1 Å². The molecule has 1 N–H and O–H groups in total. The Kier molecular flexibility index (Phi) is 7.51. The van der Waals surface area contributed by atoms with Gasteiger partial charge in [-0.3, -0.25) is 0 Å². The molecule has 0 amide bonds. The summed E-state index contributed by atoms with van der Waals surface area (Å²) in [6.07, 6.45) is 4.91. The topological polar surface area (TPSA) is 21.3 Å². The highest BCUT2D eigenvalue weighted by molar-refractivity contribution is 5.27. The second kappa shape index (κ2) is 8.98. The van der Waals surface area contributed by atoms with E-state index in [1.54, 1.807) is 0 Å². The van der Waals surface area contributed by atoms with Crippen molar-refractivity contribution < 1.29 is 4.74 Å². The van der Waals surface area contributed by atoms with Crippen LogP contribution in [0.15, 0.2) is 24.3 Å². The molecule has 0 saturated heterocycles. The maximum atomic E-state index is 5.90. The van der Waals surface area contributed by atoms with Gasteiger partial charge in [-0.2, -0.15) is 0 Å². The summed E-state index contributed by atoms with van der Waals surface area (Å²) in [6.45, 7) is 8.62. The fourth-order valence-corrected chi connectivity index (χ4v) is 2.01. The van der Waals surface area contributed by atoms with E-state index in [-0.39, 0.29) is 0 Å². The van der Waals surface area contributed by atoms with Gasteiger partial charge >= 0.3 is 0 Å². The Hall–Kier alpha value is -1.02. The number of benzene rings is 1. The monoisotopic (exact) mass is 249 g/mol. The molecule has 0 saturated carbocycles. The minimum absolute atomic E-state index is 0.292. The maximum absolute atomic E-state index is 5.90. The van der Waals surface area contributed by atoms with Gasteiger partial charge in [0.2, 0.25) is 0 Å². The van der Waals surface area contributed by atoms with E-state index in [1.807, 2.05) is 0 Å². The van der Waals surface area contributed by atoms with Gasteiger partial charge in [0.1, 0.15) is 5.75 Å². The van der Waals surface area contributed by atoms with E-state index in [2.05, 4.69) is 50.4 Å². The van der Waals surface area contributed by atoms with Crippen LogP contribution in [-0.2, 0) is 6.42 Å². The summed E-state index contributed by atoms with van der Waals surface area (Å²) in [5.74, 6) is 0.991. The first kappa shape index (κ1) is 15.0. The summed E-state index contributed by atoms with van der Waals surface area (Å²) >= 11 is 0. The Labute approximate surface area is 112 Å². The molecule has 0 aliphatic carbocycles. The molecule has 0 bridgehead atoms.